The molecule has 0 spiro atoms. The van der Waals surface area contributed by atoms with Gasteiger partial charge in [-0.2, -0.15) is 5.10 Å². The van der Waals surface area contributed by atoms with Crippen molar-refractivity contribution in [3.05, 3.63) is 41.5 Å². The van der Waals surface area contributed by atoms with E-state index in [0.717, 1.165) is 34.5 Å². The highest BCUT2D eigenvalue weighted by Gasteiger charge is 2.18. The van der Waals surface area contributed by atoms with Gasteiger partial charge in [-0.1, -0.05) is 0 Å². The quantitative estimate of drug-likeness (QED) is 0.537. The highest BCUT2D eigenvalue weighted by Crippen LogP contribution is 2.32. The molecule has 0 saturated carbocycles. The summed E-state index contributed by atoms with van der Waals surface area (Å²) in [5.74, 6) is -0.569. The maximum atomic E-state index is 14.5. The van der Waals surface area contributed by atoms with E-state index in [4.69, 9.17) is 0 Å². The maximum absolute atomic E-state index is 14.5. The Morgan fingerprint density at radius 3 is 2.64 bits per heavy atom. The minimum atomic E-state index is -3.48. The Kier molecular flexibility index (Phi) is 3.41. The van der Waals surface area contributed by atoms with Gasteiger partial charge in [-0.25, -0.2) is 27.3 Å². The van der Waals surface area contributed by atoms with Crippen molar-refractivity contribution in [1.82, 2.24) is 19.6 Å². The fourth-order valence-corrected chi connectivity index (χ4v) is 4.54. The Hall–Kier alpha value is -2.39. The lowest BCUT2D eigenvalue weighted by Gasteiger charge is -2.05. The van der Waals surface area contributed by atoms with Crippen molar-refractivity contribution >= 4 is 37.0 Å². The van der Waals surface area contributed by atoms with Crippen LogP contribution in [0.15, 0.2) is 28.7 Å². The Morgan fingerprint density at radius 2 is 1.92 bits per heavy atom. The van der Waals surface area contributed by atoms with E-state index >= 15 is 0 Å². The van der Waals surface area contributed by atoms with E-state index in [2.05, 4.69) is 15.1 Å². The SMILES string of the molecule is Cc1cn2nc(-c3cc(F)c4nc(S(C)(=O)=O)sc4c3)cc(C)c2n1. The summed E-state index contributed by atoms with van der Waals surface area (Å²) in [6, 6.07) is 4.87. The molecule has 0 fully saturated rings. The summed E-state index contributed by atoms with van der Waals surface area (Å²) in [7, 11) is -3.48. The molecule has 25 heavy (non-hydrogen) atoms. The maximum Gasteiger partial charge on any atom is 0.210 e. The first kappa shape index (κ1) is 16.1. The van der Waals surface area contributed by atoms with Crippen molar-refractivity contribution in [2.24, 2.45) is 0 Å². The first-order valence-electron chi connectivity index (χ1n) is 7.36. The van der Waals surface area contributed by atoms with Crippen LogP contribution >= 0.6 is 11.3 Å². The zero-order valence-electron chi connectivity index (χ0n) is 13.6. The fourth-order valence-electron chi connectivity index (χ4n) is 2.66. The third-order valence-electron chi connectivity index (χ3n) is 3.77. The van der Waals surface area contributed by atoms with Gasteiger partial charge in [-0.3, -0.25) is 0 Å². The molecule has 0 atom stereocenters. The van der Waals surface area contributed by atoms with Crippen LogP contribution in [0.4, 0.5) is 4.39 Å². The van der Waals surface area contributed by atoms with Gasteiger partial charge in [0.25, 0.3) is 0 Å². The highest BCUT2D eigenvalue weighted by molar-refractivity contribution is 7.92. The molecular weight excluding hydrogens is 363 g/mol. The molecule has 0 unspecified atom stereocenters. The number of rotatable bonds is 2. The fraction of sp³-hybridized carbons (Fsp3) is 0.188. The van der Waals surface area contributed by atoms with E-state index in [1.54, 1.807) is 16.8 Å². The van der Waals surface area contributed by atoms with Gasteiger partial charge in [-0.15, -0.1) is 11.3 Å². The number of fused-ring (bicyclic) bond motifs is 2. The van der Waals surface area contributed by atoms with E-state index < -0.39 is 15.7 Å². The van der Waals surface area contributed by atoms with E-state index in [0.29, 0.717) is 16.0 Å². The number of sulfone groups is 1. The number of aromatic nitrogens is 4. The molecule has 0 radical (unpaired) electrons. The molecule has 0 bridgehead atoms. The van der Waals surface area contributed by atoms with Gasteiger partial charge in [0.05, 0.1) is 22.3 Å². The molecule has 3 heterocycles. The topological polar surface area (TPSA) is 77.2 Å². The average molecular weight is 376 g/mol. The third-order valence-corrected chi connectivity index (χ3v) is 6.45. The van der Waals surface area contributed by atoms with Crippen LogP contribution in [0.1, 0.15) is 11.3 Å². The van der Waals surface area contributed by atoms with Crippen LogP contribution in [-0.2, 0) is 9.84 Å². The molecule has 9 heteroatoms. The Morgan fingerprint density at radius 1 is 1.16 bits per heavy atom. The van der Waals surface area contributed by atoms with Gasteiger partial charge in [0.2, 0.25) is 14.2 Å². The summed E-state index contributed by atoms with van der Waals surface area (Å²) in [5.41, 5.74) is 3.71. The summed E-state index contributed by atoms with van der Waals surface area (Å²) in [4.78, 5) is 8.31. The van der Waals surface area contributed by atoms with Gasteiger partial charge in [-0.05, 0) is 37.6 Å². The van der Waals surface area contributed by atoms with Gasteiger partial charge in [0, 0.05) is 11.8 Å². The highest BCUT2D eigenvalue weighted by atomic mass is 32.2. The van der Waals surface area contributed by atoms with Crippen LogP contribution in [0.5, 0.6) is 0 Å². The second-order valence-electron chi connectivity index (χ2n) is 5.92. The lowest BCUT2D eigenvalue weighted by molar-refractivity contribution is 0.601. The molecule has 0 aliphatic rings. The molecule has 1 aromatic carbocycles. The number of halogens is 1. The second kappa shape index (κ2) is 5.30. The molecule has 0 aliphatic heterocycles. The standard InChI is InChI=1S/C16H13FN4O2S2/c1-8-4-12(20-21-7-9(2)18-15(8)21)10-5-11(17)14-13(6-10)24-16(19-14)25(3,22)23/h4-7H,1-3H3. The van der Waals surface area contributed by atoms with Crippen molar-refractivity contribution < 1.29 is 12.8 Å². The number of imidazole rings is 1. The lowest BCUT2D eigenvalue weighted by Crippen LogP contribution is -1.97. The largest absolute Gasteiger partial charge is 0.232 e. The minimum Gasteiger partial charge on any atom is -0.232 e. The third kappa shape index (κ3) is 2.69. The van der Waals surface area contributed by atoms with Crippen molar-refractivity contribution in [2.45, 2.75) is 18.2 Å². The van der Waals surface area contributed by atoms with Gasteiger partial charge >= 0.3 is 0 Å². The van der Waals surface area contributed by atoms with Crippen molar-refractivity contribution in [3.63, 3.8) is 0 Å². The summed E-state index contributed by atoms with van der Waals surface area (Å²) in [6.07, 6.45) is 2.86. The number of benzene rings is 1. The Labute approximate surface area is 146 Å². The first-order valence-corrected chi connectivity index (χ1v) is 10.1. The van der Waals surface area contributed by atoms with Crippen LogP contribution in [0, 0.1) is 19.7 Å². The smallest absolute Gasteiger partial charge is 0.210 e. The van der Waals surface area contributed by atoms with Crippen LogP contribution in [-0.4, -0.2) is 34.3 Å². The van der Waals surface area contributed by atoms with Gasteiger partial charge in [0.15, 0.2) is 11.5 Å². The number of hydrogen-bond donors (Lipinski definition) is 0. The van der Waals surface area contributed by atoms with Gasteiger partial charge in [0.1, 0.15) is 5.52 Å². The van der Waals surface area contributed by atoms with E-state index in [9.17, 15) is 12.8 Å². The number of nitrogens with zero attached hydrogens (tertiary/aromatic N) is 4. The summed E-state index contributed by atoms with van der Waals surface area (Å²) >= 11 is 0.953. The van der Waals surface area contributed by atoms with Crippen LogP contribution in [0.3, 0.4) is 0 Å². The van der Waals surface area contributed by atoms with E-state index in [-0.39, 0.29) is 9.86 Å². The summed E-state index contributed by atoms with van der Waals surface area (Å²) < 4.78 is 39.8. The summed E-state index contributed by atoms with van der Waals surface area (Å²) in [5, 5.41) is 4.48. The first-order chi connectivity index (χ1) is 11.7. The van der Waals surface area contributed by atoms with Crippen molar-refractivity contribution in [1.29, 1.82) is 0 Å². The molecule has 0 amide bonds. The van der Waals surface area contributed by atoms with Crippen molar-refractivity contribution in [2.75, 3.05) is 6.26 Å². The zero-order chi connectivity index (χ0) is 17.9. The molecule has 0 N–H and O–H groups in total. The van der Waals surface area contributed by atoms with Crippen LogP contribution < -0.4 is 0 Å². The normalized spacial score (nSPS) is 12.3. The number of thiazole rings is 1. The predicted molar refractivity (Wildman–Crippen MR) is 94.1 cm³/mol. The Bertz CT molecular complexity index is 1260. The zero-order valence-corrected chi connectivity index (χ0v) is 15.2. The molecule has 6 nitrogen and oxygen atoms in total. The van der Waals surface area contributed by atoms with Crippen LogP contribution in [0.25, 0.3) is 27.1 Å². The van der Waals surface area contributed by atoms with Crippen LogP contribution in [0.2, 0.25) is 0 Å². The monoisotopic (exact) mass is 376 g/mol. The molecule has 4 aromatic rings. The molecule has 0 aliphatic carbocycles. The molecular formula is C16H13FN4O2S2. The molecule has 0 saturated heterocycles. The number of aryl methyl sites for hydroxylation is 2. The van der Waals surface area contributed by atoms with Crippen molar-refractivity contribution in [3.8, 4) is 11.3 Å². The van der Waals surface area contributed by atoms with E-state index in [1.165, 1.54) is 6.07 Å². The van der Waals surface area contributed by atoms with Gasteiger partial charge < -0.3 is 0 Å². The average Bonchev–Trinajstić information content (AvgIpc) is 3.10. The lowest BCUT2D eigenvalue weighted by atomic mass is 10.1. The molecule has 4 rings (SSSR count). The second-order valence-corrected chi connectivity index (χ2v) is 9.14. The Balaban J connectivity index is 1.95. The molecule has 128 valence electrons. The number of hydrogen-bond acceptors (Lipinski definition) is 6. The molecule has 3 aromatic heterocycles. The predicted octanol–water partition coefficient (Wildman–Crippen LogP) is 3.17. The summed E-state index contributed by atoms with van der Waals surface area (Å²) in [6.45, 7) is 3.79. The minimum absolute atomic E-state index is 0.0606. The van der Waals surface area contributed by atoms with E-state index in [1.807, 2.05) is 19.9 Å².